The molecular weight excluding hydrogens is 322 g/mol. The number of aromatic nitrogens is 1. The predicted octanol–water partition coefficient (Wildman–Crippen LogP) is 4.37. The van der Waals surface area contributed by atoms with Gasteiger partial charge in [-0.2, -0.15) is 0 Å². The van der Waals surface area contributed by atoms with Crippen LogP contribution in [0.1, 0.15) is 37.4 Å². The van der Waals surface area contributed by atoms with E-state index in [2.05, 4.69) is 4.98 Å². The van der Waals surface area contributed by atoms with Gasteiger partial charge in [-0.1, -0.05) is 0 Å². The summed E-state index contributed by atoms with van der Waals surface area (Å²) in [5.74, 6) is 2.20. The van der Waals surface area contributed by atoms with E-state index in [4.69, 9.17) is 4.74 Å². The van der Waals surface area contributed by atoms with Gasteiger partial charge in [0.05, 0.1) is 15.3 Å². The molecule has 1 aliphatic heterocycles. The van der Waals surface area contributed by atoms with Crippen molar-refractivity contribution in [2.45, 2.75) is 44.3 Å². The van der Waals surface area contributed by atoms with Crippen molar-refractivity contribution in [2.24, 2.45) is 0 Å². The summed E-state index contributed by atoms with van der Waals surface area (Å²) < 4.78 is 6.05. The lowest BCUT2D eigenvalue weighted by Crippen LogP contribution is -2.23. The molecule has 0 saturated carbocycles. The summed E-state index contributed by atoms with van der Waals surface area (Å²) in [7, 11) is 0. The van der Waals surface area contributed by atoms with Gasteiger partial charge in [-0.3, -0.25) is 4.79 Å². The molecule has 0 aliphatic carbocycles. The van der Waals surface area contributed by atoms with Gasteiger partial charge >= 0.3 is 5.97 Å². The Kier molecular flexibility index (Phi) is 6.64. The third-order valence-corrected chi connectivity index (χ3v) is 6.92. The number of rotatable bonds is 5. The van der Waals surface area contributed by atoms with E-state index in [0.717, 1.165) is 22.7 Å². The first-order chi connectivity index (χ1) is 10.0. The molecule has 1 fully saturated rings. The van der Waals surface area contributed by atoms with E-state index in [1.165, 1.54) is 24.9 Å². The quantitative estimate of drug-likeness (QED) is 0.742. The van der Waals surface area contributed by atoms with Crippen molar-refractivity contribution >= 4 is 46.9 Å². The maximum atomic E-state index is 11.4. The molecule has 1 aromatic heterocycles. The van der Waals surface area contributed by atoms with Gasteiger partial charge in [0, 0.05) is 18.7 Å². The summed E-state index contributed by atoms with van der Waals surface area (Å²) in [6.45, 7) is 5.51. The average molecular weight is 344 g/mol. The Morgan fingerprint density at radius 1 is 1.48 bits per heavy atom. The van der Waals surface area contributed by atoms with Crippen LogP contribution in [0.2, 0.25) is 0 Å². The second kappa shape index (κ2) is 8.25. The molecule has 1 saturated heterocycles. The van der Waals surface area contributed by atoms with Crippen molar-refractivity contribution in [3.8, 4) is 0 Å². The summed E-state index contributed by atoms with van der Waals surface area (Å²) in [6, 6.07) is 0. The van der Waals surface area contributed by atoms with Crippen molar-refractivity contribution in [1.29, 1.82) is 0 Å². The molecular formula is C15H21NO2S3. The second-order valence-electron chi connectivity index (χ2n) is 5.04. The van der Waals surface area contributed by atoms with E-state index < -0.39 is 0 Å². The van der Waals surface area contributed by atoms with Crippen molar-refractivity contribution in [3.05, 3.63) is 21.7 Å². The third-order valence-electron chi connectivity index (χ3n) is 3.13. The highest BCUT2D eigenvalue weighted by atomic mass is 32.2. The number of thiazole rings is 1. The normalized spacial score (nSPS) is 18.5. The Hall–Kier alpha value is -0.460. The zero-order chi connectivity index (χ0) is 15.2. The lowest BCUT2D eigenvalue weighted by Gasteiger charge is -2.26. The van der Waals surface area contributed by atoms with Crippen LogP contribution in [0, 0.1) is 6.92 Å². The Balaban J connectivity index is 2.06. The van der Waals surface area contributed by atoms with Crippen LogP contribution in [-0.2, 0) is 9.53 Å². The fourth-order valence-electron chi connectivity index (χ4n) is 2.15. The average Bonchev–Trinajstić information content (AvgIpc) is 2.84. The molecule has 0 radical (unpaired) electrons. The Morgan fingerprint density at radius 2 is 2.19 bits per heavy atom. The van der Waals surface area contributed by atoms with Gasteiger partial charge in [-0.25, -0.2) is 4.98 Å². The van der Waals surface area contributed by atoms with Crippen molar-refractivity contribution in [3.63, 3.8) is 0 Å². The number of thioether (sulfide) groups is 2. The predicted molar refractivity (Wildman–Crippen MR) is 94.0 cm³/mol. The molecule has 2 heterocycles. The first-order valence-corrected chi connectivity index (χ1v) is 10.0. The lowest BCUT2D eigenvalue weighted by molar-refractivity contribution is -0.144. The molecule has 2 rings (SSSR count). The van der Waals surface area contributed by atoms with E-state index in [-0.39, 0.29) is 12.1 Å². The molecule has 1 atom stereocenters. The minimum Gasteiger partial charge on any atom is -0.458 e. The number of hydrogen-bond acceptors (Lipinski definition) is 6. The standard InChI is InChI=1S/C15H21NO2S3/c1-10(7-13-9-21-11(2)16-13)14(18-12(3)17)8-15-19-5-4-6-20-15/h7,9,14-15H,4-6,8H2,1-3H3/t14-/m0/s1. The lowest BCUT2D eigenvalue weighted by atomic mass is 10.1. The van der Waals surface area contributed by atoms with Gasteiger partial charge in [0.1, 0.15) is 6.10 Å². The Morgan fingerprint density at radius 3 is 2.76 bits per heavy atom. The van der Waals surface area contributed by atoms with Crippen molar-refractivity contribution in [1.82, 2.24) is 4.98 Å². The molecule has 1 aliphatic rings. The van der Waals surface area contributed by atoms with Gasteiger partial charge in [-0.15, -0.1) is 34.9 Å². The number of hydrogen-bond donors (Lipinski definition) is 0. The summed E-state index contributed by atoms with van der Waals surface area (Å²) in [5.41, 5.74) is 2.03. The topological polar surface area (TPSA) is 39.2 Å². The third kappa shape index (κ3) is 5.68. The molecule has 3 nitrogen and oxygen atoms in total. The van der Waals surface area contributed by atoms with E-state index >= 15 is 0 Å². The molecule has 1 aromatic rings. The van der Waals surface area contributed by atoms with Crippen LogP contribution in [0.25, 0.3) is 6.08 Å². The number of ether oxygens (including phenoxy) is 1. The van der Waals surface area contributed by atoms with E-state index in [9.17, 15) is 4.79 Å². The SMILES string of the molecule is CC(=O)O[C@@H](CC1SCCCS1)C(C)=Cc1csc(C)n1. The van der Waals surface area contributed by atoms with Crippen LogP contribution < -0.4 is 0 Å². The Bertz CT molecular complexity index is 507. The fourth-order valence-corrected chi connectivity index (χ4v) is 5.63. The number of nitrogens with zero attached hydrogens (tertiary/aromatic N) is 1. The van der Waals surface area contributed by atoms with Crippen LogP contribution in [0.5, 0.6) is 0 Å². The first-order valence-electron chi connectivity index (χ1n) is 7.05. The number of carbonyl (C=O) groups excluding carboxylic acids is 1. The number of esters is 1. The monoisotopic (exact) mass is 343 g/mol. The van der Waals surface area contributed by atoms with Gasteiger partial charge in [0.15, 0.2) is 0 Å². The van der Waals surface area contributed by atoms with Crippen molar-refractivity contribution < 1.29 is 9.53 Å². The summed E-state index contributed by atoms with van der Waals surface area (Å²) >= 11 is 5.59. The highest BCUT2D eigenvalue weighted by molar-refractivity contribution is 8.17. The van der Waals surface area contributed by atoms with Crippen LogP contribution in [0.3, 0.4) is 0 Å². The maximum Gasteiger partial charge on any atom is 0.303 e. The molecule has 0 bridgehead atoms. The summed E-state index contributed by atoms with van der Waals surface area (Å²) in [6.07, 6.45) is 4.04. The second-order valence-corrected chi connectivity index (χ2v) is 9.02. The van der Waals surface area contributed by atoms with Crippen LogP contribution in [0.4, 0.5) is 0 Å². The molecule has 21 heavy (non-hydrogen) atoms. The first kappa shape index (κ1) is 16.9. The fraction of sp³-hybridized carbons (Fsp3) is 0.600. The molecule has 0 aromatic carbocycles. The highest BCUT2D eigenvalue weighted by Gasteiger charge is 2.23. The van der Waals surface area contributed by atoms with Gasteiger partial charge in [0.25, 0.3) is 0 Å². The largest absolute Gasteiger partial charge is 0.458 e. The maximum absolute atomic E-state index is 11.4. The zero-order valence-corrected chi connectivity index (χ0v) is 15.1. The molecule has 0 N–H and O–H groups in total. The minimum absolute atomic E-state index is 0.146. The summed E-state index contributed by atoms with van der Waals surface area (Å²) in [4.78, 5) is 15.8. The van der Waals surface area contributed by atoms with Crippen LogP contribution in [-0.4, -0.2) is 33.1 Å². The van der Waals surface area contributed by atoms with Crippen molar-refractivity contribution in [2.75, 3.05) is 11.5 Å². The smallest absolute Gasteiger partial charge is 0.303 e. The highest BCUT2D eigenvalue weighted by Crippen LogP contribution is 2.35. The summed E-state index contributed by atoms with van der Waals surface area (Å²) in [5, 5.41) is 3.09. The van der Waals surface area contributed by atoms with Gasteiger partial charge in [-0.05, 0) is 43.4 Å². The van der Waals surface area contributed by atoms with Gasteiger partial charge in [0.2, 0.25) is 0 Å². The zero-order valence-electron chi connectivity index (χ0n) is 12.6. The van der Waals surface area contributed by atoms with E-state index in [1.807, 2.05) is 48.8 Å². The molecule has 0 amide bonds. The number of aryl methyl sites for hydroxylation is 1. The molecule has 0 unspecified atom stereocenters. The van der Waals surface area contributed by atoms with E-state index in [0.29, 0.717) is 4.58 Å². The number of carbonyl (C=O) groups is 1. The van der Waals surface area contributed by atoms with Crippen LogP contribution >= 0.6 is 34.9 Å². The van der Waals surface area contributed by atoms with E-state index in [1.54, 1.807) is 11.3 Å². The molecule has 6 heteroatoms. The van der Waals surface area contributed by atoms with Crippen LogP contribution in [0.15, 0.2) is 11.0 Å². The minimum atomic E-state index is -0.215. The van der Waals surface area contributed by atoms with Gasteiger partial charge < -0.3 is 4.74 Å². The Labute approximate surface area is 138 Å². The molecule has 0 spiro atoms. The molecule has 116 valence electrons.